The lowest BCUT2D eigenvalue weighted by Gasteiger charge is -2.25. The summed E-state index contributed by atoms with van der Waals surface area (Å²) in [6, 6.07) is 5.46. The van der Waals surface area contributed by atoms with Gasteiger partial charge in [-0.05, 0) is 30.9 Å². The summed E-state index contributed by atoms with van der Waals surface area (Å²) in [6.07, 6.45) is 5.45. The number of carboxylic acids is 1. The molecule has 18 heavy (non-hydrogen) atoms. The fourth-order valence-electron chi connectivity index (χ4n) is 2.26. The fourth-order valence-corrected chi connectivity index (χ4v) is 2.26. The van der Waals surface area contributed by atoms with E-state index in [4.69, 9.17) is 0 Å². The van der Waals surface area contributed by atoms with Crippen molar-refractivity contribution >= 4 is 17.4 Å². The number of aromatic nitrogens is 2. The molecule has 2 aromatic rings. The first-order valence-electron chi connectivity index (χ1n) is 6.20. The largest absolute Gasteiger partial charge is 0.476 e. The van der Waals surface area contributed by atoms with Gasteiger partial charge >= 0.3 is 5.97 Å². The number of pyridine rings is 1. The maximum Gasteiger partial charge on any atom is 0.356 e. The molecule has 0 amide bonds. The molecule has 0 bridgehead atoms. The molecular weight excluding hydrogens is 230 g/mol. The van der Waals surface area contributed by atoms with E-state index >= 15 is 0 Å². The molecule has 0 spiro atoms. The molecule has 94 valence electrons. The first kappa shape index (κ1) is 11.1. The van der Waals surface area contributed by atoms with Gasteiger partial charge in [0.05, 0.1) is 0 Å². The number of aromatic carboxylic acids is 1. The van der Waals surface area contributed by atoms with Crippen LogP contribution < -0.4 is 5.32 Å². The number of hydrogen-bond donors (Lipinski definition) is 2. The van der Waals surface area contributed by atoms with Crippen LogP contribution in [-0.2, 0) is 0 Å². The highest BCUT2D eigenvalue weighted by molar-refractivity contribution is 5.92. The van der Waals surface area contributed by atoms with Crippen LogP contribution in [0, 0.1) is 5.92 Å². The minimum atomic E-state index is -0.954. The van der Waals surface area contributed by atoms with Gasteiger partial charge in [0.15, 0.2) is 11.5 Å². The Morgan fingerprint density at radius 1 is 1.50 bits per heavy atom. The Morgan fingerprint density at radius 3 is 3.00 bits per heavy atom. The zero-order chi connectivity index (χ0) is 12.5. The molecule has 0 saturated heterocycles. The van der Waals surface area contributed by atoms with E-state index in [2.05, 4.69) is 10.3 Å². The Balaban J connectivity index is 1.93. The van der Waals surface area contributed by atoms with Crippen molar-refractivity contribution in [1.82, 2.24) is 9.38 Å². The predicted octanol–water partition coefficient (Wildman–Crippen LogP) is 2.24. The number of anilines is 1. The molecule has 1 aliphatic carbocycles. The zero-order valence-corrected chi connectivity index (χ0v) is 9.97. The van der Waals surface area contributed by atoms with E-state index < -0.39 is 5.97 Å². The maximum atomic E-state index is 11.3. The summed E-state index contributed by atoms with van der Waals surface area (Å²) in [7, 11) is 0. The summed E-state index contributed by atoms with van der Waals surface area (Å²) < 4.78 is 1.60. The molecule has 2 aromatic heterocycles. The normalized spacial score (nSPS) is 15.6. The highest BCUT2D eigenvalue weighted by atomic mass is 16.4. The molecular formula is C13H15N3O2. The molecule has 1 fully saturated rings. The van der Waals surface area contributed by atoms with E-state index in [1.807, 2.05) is 6.07 Å². The van der Waals surface area contributed by atoms with Crippen LogP contribution in [-0.4, -0.2) is 27.0 Å². The van der Waals surface area contributed by atoms with Gasteiger partial charge in [-0.2, -0.15) is 0 Å². The number of hydrogen-bond acceptors (Lipinski definition) is 3. The molecule has 0 aromatic carbocycles. The molecule has 3 rings (SSSR count). The summed E-state index contributed by atoms with van der Waals surface area (Å²) in [5.41, 5.74) is 0.871. The molecule has 0 atom stereocenters. The maximum absolute atomic E-state index is 11.3. The number of fused-ring (bicyclic) bond motifs is 1. The van der Waals surface area contributed by atoms with E-state index in [0.717, 1.165) is 6.54 Å². The molecule has 1 saturated carbocycles. The third kappa shape index (κ3) is 1.81. The Morgan fingerprint density at radius 2 is 2.33 bits per heavy atom. The summed E-state index contributed by atoms with van der Waals surface area (Å²) >= 11 is 0. The molecule has 0 radical (unpaired) electrons. The van der Waals surface area contributed by atoms with Gasteiger partial charge < -0.3 is 10.4 Å². The minimum Gasteiger partial charge on any atom is -0.476 e. The van der Waals surface area contributed by atoms with E-state index in [0.29, 0.717) is 17.4 Å². The van der Waals surface area contributed by atoms with Crippen molar-refractivity contribution in [3.8, 4) is 0 Å². The number of imidazole rings is 1. The van der Waals surface area contributed by atoms with Crippen LogP contribution in [0.4, 0.5) is 5.82 Å². The van der Waals surface area contributed by atoms with Crippen LogP contribution in [0.15, 0.2) is 24.4 Å². The Hall–Kier alpha value is -2.04. The van der Waals surface area contributed by atoms with Gasteiger partial charge in [-0.15, -0.1) is 0 Å². The first-order valence-corrected chi connectivity index (χ1v) is 6.20. The average Bonchev–Trinajstić information content (AvgIpc) is 2.65. The van der Waals surface area contributed by atoms with Crippen molar-refractivity contribution in [2.24, 2.45) is 5.92 Å². The lowest BCUT2D eigenvalue weighted by Crippen LogP contribution is -2.22. The van der Waals surface area contributed by atoms with Crippen molar-refractivity contribution in [3.63, 3.8) is 0 Å². The quantitative estimate of drug-likeness (QED) is 0.867. The number of carbonyl (C=O) groups is 1. The SMILES string of the molecule is O=C(O)c1c(NCC2CCC2)nc2ccccn12. The Labute approximate surface area is 104 Å². The number of nitrogens with one attached hydrogen (secondary N) is 1. The molecule has 5 nitrogen and oxygen atoms in total. The summed E-state index contributed by atoms with van der Waals surface area (Å²) in [5, 5.41) is 12.5. The van der Waals surface area contributed by atoms with Crippen molar-refractivity contribution in [2.45, 2.75) is 19.3 Å². The minimum absolute atomic E-state index is 0.213. The molecule has 1 aliphatic rings. The number of nitrogens with zero attached hydrogens (tertiary/aromatic N) is 2. The average molecular weight is 245 g/mol. The van der Waals surface area contributed by atoms with Crippen LogP contribution in [0.3, 0.4) is 0 Å². The molecule has 5 heteroatoms. The van der Waals surface area contributed by atoms with Crippen molar-refractivity contribution in [2.75, 3.05) is 11.9 Å². The summed E-state index contributed by atoms with van der Waals surface area (Å²) in [5.74, 6) is 0.182. The van der Waals surface area contributed by atoms with Crippen molar-refractivity contribution in [1.29, 1.82) is 0 Å². The van der Waals surface area contributed by atoms with E-state index in [-0.39, 0.29) is 5.69 Å². The third-order valence-corrected chi connectivity index (χ3v) is 3.52. The fraction of sp³-hybridized carbons (Fsp3) is 0.385. The van der Waals surface area contributed by atoms with Crippen LogP contribution in [0.2, 0.25) is 0 Å². The number of rotatable bonds is 4. The van der Waals surface area contributed by atoms with Gasteiger partial charge in [0, 0.05) is 12.7 Å². The van der Waals surface area contributed by atoms with Crippen LogP contribution >= 0.6 is 0 Å². The van der Waals surface area contributed by atoms with E-state index in [9.17, 15) is 9.90 Å². The highest BCUT2D eigenvalue weighted by Gasteiger charge is 2.21. The van der Waals surface area contributed by atoms with E-state index in [1.54, 1.807) is 22.7 Å². The second-order valence-electron chi connectivity index (χ2n) is 4.72. The van der Waals surface area contributed by atoms with E-state index in [1.165, 1.54) is 19.3 Å². The van der Waals surface area contributed by atoms with Crippen molar-refractivity contribution < 1.29 is 9.90 Å². The first-order chi connectivity index (χ1) is 8.75. The second kappa shape index (κ2) is 4.33. The molecule has 0 aliphatic heterocycles. The van der Waals surface area contributed by atoms with Gasteiger partial charge in [0.2, 0.25) is 0 Å². The zero-order valence-electron chi connectivity index (χ0n) is 9.97. The Bertz CT molecular complexity index is 587. The molecule has 0 unspecified atom stereocenters. The lowest BCUT2D eigenvalue weighted by atomic mass is 9.85. The molecule has 2 N–H and O–H groups in total. The highest BCUT2D eigenvalue weighted by Crippen LogP contribution is 2.27. The van der Waals surface area contributed by atoms with Crippen LogP contribution in [0.25, 0.3) is 5.65 Å². The van der Waals surface area contributed by atoms with Crippen LogP contribution in [0.1, 0.15) is 29.8 Å². The van der Waals surface area contributed by atoms with Gasteiger partial charge in [-0.3, -0.25) is 4.40 Å². The standard InChI is InChI=1S/C13H15N3O2/c17-13(18)11-12(14-8-9-4-3-5-9)15-10-6-1-2-7-16(10)11/h1-2,6-7,9,14H,3-5,8H2,(H,17,18). The lowest BCUT2D eigenvalue weighted by molar-refractivity contribution is 0.0690. The third-order valence-electron chi connectivity index (χ3n) is 3.52. The monoisotopic (exact) mass is 245 g/mol. The molecule has 2 heterocycles. The van der Waals surface area contributed by atoms with Gasteiger partial charge in [0.1, 0.15) is 5.65 Å². The topological polar surface area (TPSA) is 66.6 Å². The number of carboxylic acid groups (broad SMARTS) is 1. The predicted molar refractivity (Wildman–Crippen MR) is 68.0 cm³/mol. The summed E-state index contributed by atoms with van der Waals surface area (Å²) in [4.78, 5) is 15.7. The van der Waals surface area contributed by atoms with Crippen LogP contribution in [0.5, 0.6) is 0 Å². The smallest absolute Gasteiger partial charge is 0.356 e. The van der Waals surface area contributed by atoms with Crippen molar-refractivity contribution in [3.05, 3.63) is 30.1 Å². The van der Waals surface area contributed by atoms with Gasteiger partial charge in [-0.25, -0.2) is 9.78 Å². The second-order valence-corrected chi connectivity index (χ2v) is 4.72. The van der Waals surface area contributed by atoms with Gasteiger partial charge in [0.25, 0.3) is 0 Å². The Kier molecular flexibility index (Phi) is 2.66. The summed E-state index contributed by atoms with van der Waals surface area (Å²) in [6.45, 7) is 0.810. The van der Waals surface area contributed by atoms with Gasteiger partial charge in [-0.1, -0.05) is 12.5 Å².